The van der Waals surface area contributed by atoms with E-state index in [0.29, 0.717) is 0 Å². The van der Waals surface area contributed by atoms with Gasteiger partial charge in [-0.25, -0.2) is 0 Å². The van der Waals surface area contributed by atoms with E-state index in [1.165, 1.54) is 19.2 Å². The molecule has 0 radical (unpaired) electrons. The minimum Gasteiger partial charge on any atom is -0.497 e. The Kier molecular flexibility index (Phi) is 4.84. The lowest BCUT2D eigenvalue weighted by atomic mass is 10.2. The number of hydrogen-bond acceptors (Lipinski definition) is 6. The van der Waals surface area contributed by atoms with E-state index in [-0.39, 0.29) is 11.4 Å². The van der Waals surface area contributed by atoms with Gasteiger partial charge in [0, 0.05) is 12.1 Å². The van der Waals surface area contributed by atoms with E-state index in [1.54, 1.807) is 0 Å². The molecule has 0 aliphatic rings. The van der Waals surface area contributed by atoms with Gasteiger partial charge in [-0.05, 0) is 6.07 Å². The molecular weight excluding hydrogens is 272 g/mol. The number of aliphatic carboxylic acids is 2. The molecule has 0 aliphatic heterocycles. The maximum absolute atomic E-state index is 10.9. The van der Waals surface area contributed by atoms with E-state index < -0.39 is 35.6 Å². The van der Waals surface area contributed by atoms with E-state index in [4.69, 9.17) is 14.9 Å². The summed E-state index contributed by atoms with van der Waals surface area (Å²) in [5.74, 6) is -2.35. The second-order valence-corrected chi connectivity index (χ2v) is 3.76. The summed E-state index contributed by atoms with van der Waals surface area (Å²) >= 11 is 0. The molecule has 1 aromatic rings. The Labute approximate surface area is 113 Å². The lowest BCUT2D eigenvalue weighted by Crippen LogP contribution is -2.34. The van der Waals surface area contributed by atoms with Crippen LogP contribution in [0.4, 0.5) is 11.4 Å². The fraction of sp³-hybridized carbons (Fsp3) is 0.273. The van der Waals surface area contributed by atoms with Gasteiger partial charge in [0.2, 0.25) is 0 Å². The van der Waals surface area contributed by atoms with Gasteiger partial charge in [-0.3, -0.25) is 19.7 Å². The minimum atomic E-state index is -1.30. The van der Waals surface area contributed by atoms with E-state index in [0.717, 1.165) is 11.0 Å². The van der Waals surface area contributed by atoms with Crippen LogP contribution in [0, 0.1) is 10.1 Å². The van der Waals surface area contributed by atoms with Gasteiger partial charge < -0.3 is 19.8 Å². The Morgan fingerprint density at radius 2 is 1.85 bits per heavy atom. The minimum absolute atomic E-state index is 0.126. The van der Waals surface area contributed by atoms with Crippen molar-refractivity contribution in [2.75, 3.05) is 25.1 Å². The molecule has 0 saturated carbocycles. The summed E-state index contributed by atoms with van der Waals surface area (Å²) < 4.78 is 4.91. The van der Waals surface area contributed by atoms with Crippen LogP contribution in [-0.2, 0) is 9.59 Å². The smallest absolute Gasteiger partial charge is 0.323 e. The maximum Gasteiger partial charge on any atom is 0.323 e. The summed E-state index contributed by atoms with van der Waals surface area (Å²) in [6.45, 7) is -1.36. The quantitative estimate of drug-likeness (QED) is 0.549. The zero-order valence-electron chi connectivity index (χ0n) is 10.5. The SMILES string of the molecule is COc1ccc([N+](=O)[O-])c(N(CC(=O)O)CC(=O)O)c1. The largest absolute Gasteiger partial charge is 0.497 e. The zero-order valence-corrected chi connectivity index (χ0v) is 10.5. The van der Waals surface area contributed by atoms with Crippen LogP contribution in [0.3, 0.4) is 0 Å². The fourth-order valence-corrected chi connectivity index (χ4v) is 1.59. The number of ether oxygens (including phenoxy) is 1. The van der Waals surface area contributed by atoms with Crippen LogP contribution in [0.1, 0.15) is 0 Å². The number of nitro benzene ring substituents is 1. The second kappa shape index (κ2) is 6.36. The lowest BCUT2D eigenvalue weighted by Gasteiger charge is -2.20. The molecule has 0 spiro atoms. The molecule has 0 aliphatic carbocycles. The first-order chi connectivity index (χ1) is 9.35. The molecule has 0 aromatic heterocycles. The first kappa shape index (κ1) is 15.2. The van der Waals surface area contributed by atoms with E-state index >= 15 is 0 Å². The van der Waals surface area contributed by atoms with Gasteiger partial charge in [0.05, 0.1) is 12.0 Å². The van der Waals surface area contributed by atoms with Crippen LogP contribution in [-0.4, -0.2) is 47.3 Å². The highest BCUT2D eigenvalue weighted by Gasteiger charge is 2.23. The number of carbonyl (C=O) groups is 2. The van der Waals surface area contributed by atoms with E-state index in [2.05, 4.69) is 0 Å². The summed E-state index contributed by atoms with van der Waals surface area (Å²) in [5.41, 5.74) is -0.521. The predicted octanol–water partition coefficient (Wildman–Crippen LogP) is 0.579. The van der Waals surface area contributed by atoms with E-state index in [1.807, 2.05) is 0 Å². The highest BCUT2D eigenvalue weighted by molar-refractivity contribution is 5.82. The van der Waals surface area contributed by atoms with Crippen molar-refractivity contribution in [3.8, 4) is 5.75 Å². The summed E-state index contributed by atoms with van der Waals surface area (Å²) in [6.07, 6.45) is 0. The number of rotatable bonds is 7. The first-order valence-electron chi connectivity index (χ1n) is 5.36. The van der Waals surface area contributed by atoms with E-state index in [9.17, 15) is 19.7 Å². The molecule has 9 nitrogen and oxygen atoms in total. The third-order valence-electron chi connectivity index (χ3n) is 2.37. The van der Waals surface area contributed by atoms with Crippen molar-refractivity contribution < 1.29 is 29.5 Å². The Morgan fingerprint density at radius 1 is 1.30 bits per heavy atom. The van der Waals surface area contributed by atoms with Crippen LogP contribution in [0.25, 0.3) is 0 Å². The number of anilines is 1. The standard InChI is InChI=1S/C11H12N2O7/c1-20-7-2-3-8(13(18)19)9(4-7)12(5-10(14)15)6-11(16)17/h2-4H,5-6H2,1H3,(H,14,15)(H,16,17). The fourth-order valence-electron chi connectivity index (χ4n) is 1.59. The lowest BCUT2D eigenvalue weighted by molar-refractivity contribution is -0.384. The van der Waals surface area contributed by atoms with Crippen LogP contribution in [0.15, 0.2) is 18.2 Å². The molecule has 0 fully saturated rings. The Bertz CT molecular complexity index is 528. The third kappa shape index (κ3) is 3.83. The molecule has 0 heterocycles. The second-order valence-electron chi connectivity index (χ2n) is 3.76. The van der Waals surface area contributed by atoms with Crippen LogP contribution in [0.5, 0.6) is 5.75 Å². The van der Waals surface area contributed by atoms with Crippen LogP contribution < -0.4 is 9.64 Å². The molecule has 0 bridgehead atoms. The molecule has 0 saturated heterocycles. The highest BCUT2D eigenvalue weighted by atomic mass is 16.6. The summed E-state index contributed by atoms with van der Waals surface area (Å²) in [6, 6.07) is 3.69. The Hall–Kier alpha value is -2.84. The number of carboxylic acids is 2. The highest BCUT2D eigenvalue weighted by Crippen LogP contribution is 2.31. The van der Waals surface area contributed by atoms with Gasteiger partial charge in [-0.1, -0.05) is 0 Å². The third-order valence-corrected chi connectivity index (χ3v) is 2.37. The predicted molar refractivity (Wildman–Crippen MR) is 67.1 cm³/mol. The van der Waals surface area contributed by atoms with Crippen molar-refractivity contribution in [2.24, 2.45) is 0 Å². The van der Waals surface area contributed by atoms with Crippen molar-refractivity contribution in [1.29, 1.82) is 0 Å². The Balaban J connectivity index is 3.30. The maximum atomic E-state index is 10.9. The van der Waals surface area contributed by atoms with Crippen LogP contribution in [0.2, 0.25) is 0 Å². The van der Waals surface area contributed by atoms with Crippen LogP contribution >= 0.6 is 0 Å². The van der Waals surface area contributed by atoms with Crippen molar-refractivity contribution in [2.45, 2.75) is 0 Å². The monoisotopic (exact) mass is 284 g/mol. The molecule has 0 amide bonds. The number of nitro groups is 1. The molecular formula is C11H12N2O7. The molecule has 0 atom stereocenters. The van der Waals surface area contributed by atoms with Gasteiger partial charge in [0.25, 0.3) is 5.69 Å². The molecule has 1 aromatic carbocycles. The number of hydrogen-bond donors (Lipinski definition) is 2. The normalized spacial score (nSPS) is 9.85. The molecule has 9 heteroatoms. The van der Waals surface area contributed by atoms with Gasteiger partial charge in [-0.2, -0.15) is 0 Å². The molecule has 0 unspecified atom stereocenters. The number of benzene rings is 1. The number of nitrogens with zero attached hydrogens (tertiary/aromatic N) is 2. The number of methoxy groups -OCH3 is 1. The number of carboxylic acid groups (broad SMARTS) is 2. The van der Waals surface area contributed by atoms with Gasteiger partial charge in [-0.15, -0.1) is 0 Å². The summed E-state index contributed by atoms with van der Waals surface area (Å²) in [4.78, 5) is 32.6. The van der Waals surface area contributed by atoms with Crippen molar-refractivity contribution in [3.63, 3.8) is 0 Å². The van der Waals surface area contributed by atoms with Gasteiger partial charge in [0.15, 0.2) is 0 Å². The average Bonchev–Trinajstić information content (AvgIpc) is 2.36. The summed E-state index contributed by atoms with van der Waals surface area (Å²) in [7, 11) is 1.34. The van der Waals surface area contributed by atoms with Crippen molar-refractivity contribution in [1.82, 2.24) is 0 Å². The summed E-state index contributed by atoms with van der Waals surface area (Å²) in [5, 5.41) is 28.5. The first-order valence-corrected chi connectivity index (χ1v) is 5.36. The molecule has 20 heavy (non-hydrogen) atoms. The van der Waals surface area contributed by atoms with Gasteiger partial charge >= 0.3 is 11.9 Å². The van der Waals surface area contributed by atoms with Crippen molar-refractivity contribution in [3.05, 3.63) is 28.3 Å². The molecule has 108 valence electrons. The zero-order chi connectivity index (χ0) is 15.3. The van der Waals surface area contributed by atoms with Gasteiger partial charge in [0.1, 0.15) is 24.5 Å². The average molecular weight is 284 g/mol. The molecule has 1 rings (SSSR count). The topological polar surface area (TPSA) is 130 Å². The van der Waals surface area contributed by atoms with Crippen molar-refractivity contribution >= 4 is 23.3 Å². The molecule has 2 N–H and O–H groups in total. The Morgan fingerprint density at radius 3 is 2.25 bits per heavy atom.